The fraction of sp³-hybridized carbons (Fsp3) is 0.350. The third-order valence-corrected chi connectivity index (χ3v) is 6.26. The van der Waals surface area contributed by atoms with Crippen molar-refractivity contribution in [3.8, 4) is 0 Å². The summed E-state index contributed by atoms with van der Waals surface area (Å²) in [5.41, 5.74) is 0.939. The van der Waals surface area contributed by atoms with Gasteiger partial charge >= 0.3 is 6.03 Å². The summed E-state index contributed by atoms with van der Waals surface area (Å²) in [5, 5.41) is 2.92. The first kappa shape index (κ1) is 17.0. The predicted octanol–water partition coefficient (Wildman–Crippen LogP) is 3.41. The normalized spacial score (nSPS) is 22.3. The van der Waals surface area contributed by atoms with E-state index in [1.807, 2.05) is 37.3 Å². The van der Waals surface area contributed by atoms with E-state index < -0.39 is 11.6 Å². The third-order valence-electron chi connectivity index (χ3n) is 5.22. The quantitative estimate of drug-likeness (QED) is 0.667. The molecule has 0 unspecified atom stereocenters. The molecule has 2 aliphatic rings. The van der Waals surface area contributed by atoms with Crippen molar-refractivity contribution in [3.63, 3.8) is 0 Å². The van der Waals surface area contributed by atoms with Gasteiger partial charge in [0.2, 0.25) is 0 Å². The zero-order valence-corrected chi connectivity index (χ0v) is 15.4. The van der Waals surface area contributed by atoms with Crippen LogP contribution in [0.2, 0.25) is 0 Å². The van der Waals surface area contributed by atoms with Gasteiger partial charge in [0.15, 0.2) is 5.78 Å². The number of carbonyl (C=O) groups is 3. The molecule has 6 heteroatoms. The standard InChI is InChI=1S/C20H20N2O3S/c1-13-9-10-17(26-13)16(23)12-22-18(24)20(21-19(22)25)11-5-4-7-14-6-2-3-8-15(14)20/h2-3,6,8-10H,4-5,7,11-12H2,1H3,(H,21,25)/t20-/m0/s1. The van der Waals surface area contributed by atoms with Gasteiger partial charge < -0.3 is 5.32 Å². The first-order valence-corrected chi connectivity index (χ1v) is 9.65. The number of nitrogens with zero attached hydrogens (tertiary/aromatic N) is 1. The lowest BCUT2D eigenvalue weighted by Gasteiger charge is -2.27. The number of fused-ring (bicyclic) bond motifs is 2. The Kier molecular flexibility index (Phi) is 4.15. The highest BCUT2D eigenvalue weighted by Crippen LogP contribution is 2.39. The molecular formula is C20H20N2O3S. The van der Waals surface area contributed by atoms with Gasteiger partial charge in [-0.25, -0.2) is 4.79 Å². The molecule has 2 heterocycles. The number of benzene rings is 1. The highest BCUT2D eigenvalue weighted by Gasteiger charge is 2.53. The zero-order chi connectivity index (χ0) is 18.3. The summed E-state index contributed by atoms with van der Waals surface area (Å²) >= 11 is 1.38. The number of carbonyl (C=O) groups excluding carboxylic acids is 3. The minimum absolute atomic E-state index is 0.203. The number of imide groups is 1. The van der Waals surface area contributed by atoms with Crippen molar-refractivity contribution in [2.75, 3.05) is 6.54 Å². The average molecular weight is 368 g/mol. The van der Waals surface area contributed by atoms with Crippen LogP contribution in [0.15, 0.2) is 36.4 Å². The molecule has 1 aromatic heterocycles. The van der Waals surface area contributed by atoms with Crippen molar-refractivity contribution in [2.24, 2.45) is 0 Å². The Morgan fingerprint density at radius 1 is 1.19 bits per heavy atom. The number of hydrogen-bond donors (Lipinski definition) is 1. The summed E-state index contributed by atoms with van der Waals surface area (Å²) in [7, 11) is 0. The van der Waals surface area contributed by atoms with Gasteiger partial charge in [-0.1, -0.05) is 24.3 Å². The zero-order valence-electron chi connectivity index (χ0n) is 14.6. The van der Waals surface area contributed by atoms with Crippen LogP contribution in [-0.2, 0) is 16.8 Å². The van der Waals surface area contributed by atoms with E-state index >= 15 is 0 Å². The van der Waals surface area contributed by atoms with Crippen molar-refractivity contribution in [1.29, 1.82) is 0 Å². The van der Waals surface area contributed by atoms with Crippen molar-refractivity contribution >= 4 is 29.1 Å². The number of rotatable bonds is 3. The molecule has 1 spiro atoms. The fourth-order valence-corrected chi connectivity index (χ4v) is 4.72. The fourth-order valence-electron chi connectivity index (χ4n) is 3.92. The van der Waals surface area contributed by atoms with Crippen molar-refractivity contribution < 1.29 is 14.4 Å². The second-order valence-corrected chi connectivity index (χ2v) is 8.21. The molecule has 0 saturated carbocycles. The second-order valence-electron chi connectivity index (χ2n) is 6.92. The highest BCUT2D eigenvalue weighted by atomic mass is 32.1. The Morgan fingerprint density at radius 2 is 2.00 bits per heavy atom. The van der Waals surface area contributed by atoms with Gasteiger partial charge in [-0.2, -0.15) is 0 Å². The number of ketones is 1. The van der Waals surface area contributed by atoms with Crippen LogP contribution in [0.25, 0.3) is 0 Å². The molecule has 1 fully saturated rings. The van der Waals surface area contributed by atoms with Crippen LogP contribution in [0, 0.1) is 6.92 Å². The van der Waals surface area contributed by atoms with Crippen LogP contribution >= 0.6 is 11.3 Å². The van der Waals surface area contributed by atoms with Gasteiger partial charge in [0.1, 0.15) is 5.54 Å². The predicted molar refractivity (Wildman–Crippen MR) is 99.3 cm³/mol. The highest BCUT2D eigenvalue weighted by molar-refractivity contribution is 7.14. The van der Waals surface area contributed by atoms with Gasteiger partial charge in [-0.15, -0.1) is 11.3 Å². The third kappa shape index (κ3) is 2.65. The van der Waals surface area contributed by atoms with E-state index in [1.165, 1.54) is 11.3 Å². The molecule has 1 aliphatic heterocycles. The SMILES string of the molecule is Cc1ccc(C(=O)CN2C(=O)N[C@]3(CCCCc4ccccc43)C2=O)s1. The van der Waals surface area contributed by atoms with Gasteiger partial charge in [-0.05, 0) is 55.9 Å². The smallest absolute Gasteiger partial charge is 0.319 e. The molecule has 1 saturated heterocycles. The Balaban J connectivity index is 1.66. The Bertz CT molecular complexity index is 904. The summed E-state index contributed by atoms with van der Waals surface area (Å²) in [6, 6.07) is 10.9. The molecule has 1 aliphatic carbocycles. The topological polar surface area (TPSA) is 66.5 Å². The van der Waals surface area contributed by atoms with E-state index in [2.05, 4.69) is 5.32 Å². The maximum absolute atomic E-state index is 13.3. The van der Waals surface area contributed by atoms with Crippen LogP contribution in [-0.4, -0.2) is 29.2 Å². The Morgan fingerprint density at radius 3 is 2.77 bits per heavy atom. The second kappa shape index (κ2) is 6.36. The summed E-state index contributed by atoms with van der Waals surface area (Å²) < 4.78 is 0. The monoisotopic (exact) mass is 368 g/mol. The van der Waals surface area contributed by atoms with E-state index in [4.69, 9.17) is 0 Å². The number of thiophene rings is 1. The van der Waals surface area contributed by atoms with Crippen LogP contribution in [0.1, 0.15) is 44.9 Å². The number of Topliss-reactive ketones (excluding diaryl/α,β-unsaturated/α-hetero) is 1. The maximum atomic E-state index is 13.3. The Hall–Kier alpha value is -2.47. The van der Waals surface area contributed by atoms with Gasteiger partial charge in [0.25, 0.3) is 5.91 Å². The van der Waals surface area contributed by atoms with Crippen LogP contribution in [0.4, 0.5) is 4.79 Å². The molecule has 134 valence electrons. The first-order valence-electron chi connectivity index (χ1n) is 8.83. The van der Waals surface area contributed by atoms with Crippen molar-refractivity contribution in [1.82, 2.24) is 10.2 Å². The number of amides is 3. The molecular weight excluding hydrogens is 348 g/mol. The summed E-state index contributed by atoms with van der Waals surface area (Å²) in [6.45, 7) is 1.71. The molecule has 1 N–H and O–H groups in total. The lowest BCUT2D eigenvalue weighted by atomic mass is 9.84. The molecule has 3 amide bonds. The number of nitrogens with one attached hydrogen (secondary N) is 1. The van der Waals surface area contributed by atoms with Crippen LogP contribution < -0.4 is 5.32 Å². The Labute approximate surface area is 156 Å². The summed E-state index contributed by atoms with van der Waals surface area (Å²) in [6.07, 6.45) is 3.30. The van der Waals surface area contributed by atoms with Gasteiger partial charge in [0, 0.05) is 4.88 Å². The molecule has 4 rings (SSSR count). The molecule has 26 heavy (non-hydrogen) atoms. The number of aryl methyl sites for hydroxylation is 2. The lowest BCUT2D eigenvalue weighted by molar-refractivity contribution is -0.131. The maximum Gasteiger partial charge on any atom is 0.325 e. The number of hydrogen-bond acceptors (Lipinski definition) is 4. The first-order chi connectivity index (χ1) is 12.5. The lowest BCUT2D eigenvalue weighted by Crippen LogP contribution is -2.44. The van der Waals surface area contributed by atoms with E-state index in [0.717, 1.165) is 40.2 Å². The molecule has 1 aromatic carbocycles. The van der Waals surface area contributed by atoms with Crippen LogP contribution in [0.5, 0.6) is 0 Å². The van der Waals surface area contributed by atoms with Crippen molar-refractivity contribution in [3.05, 3.63) is 57.3 Å². The minimum Gasteiger partial charge on any atom is -0.319 e. The molecule has 0 bridgehead atoms. The van der Waals surface area contributed by atoms with Gasteiger partial charge in [-0.3, -0.25) is 14.5 Å². The molecule has 5 nitrogen and oxygen atoms in total. The van der Waals surface area contributed by atoms with E-state index in [-0.39, 0.29) is 18.2 Å². The summed E-state index contributed by atoms with van der Waals surface area (Å²) in [4.78, 5) is 41.1. The minimum atomic E-state index is -1.03. The van der Waals surface area contributed by atoms with E-state index in [1.54, 1.807) is 6.07 Å². The van der Waals surface area contributed by atoms with Crippen molar-refractivity contribution in [2.45, 2.75) is 38.1 Å². The average Bonchev–Trinajstić information content (AvgIpc) is 3.09. The van der Waals surface area contributed by atoms with E-state index in [9.17, 15) is 14.4 Å². The van der Waals surface area contributed by atoms with Gasteiger partial charge in [0.05, 0.1) is 11.4 Å². The van der Waals surface area contributed by atoms with E-state index in [0.29, 0.717) is 11.3 Å². The number of urea groups is 1. The summed E-state index contributed by atoms with van der Waals surface area (Å²) in [5.74, 6) is -0.510. The van der Waals surface area contributed by atoms with Crippen LogP contribution in [0.3, 0.4) is 0 Å². The molecule has 2 aromatic rings. The molecule has 1 atom stereocenters. The largest absolute Gasteiger partial charge is 0.325 e. The molecule has 0 radical (unpaired) electrons.